The molecule has 27 heavy (non-hydrogen) atoms. The summed E-state index contributed by atoms with van der Waals surface area (Å²) in [7, 11) is 1.53. The Balaban J connectivity index is 1.47. The predicted octanol–water partition coefficient (Wildman–Crippen LogP) is 3.89. The van der Waals surface area contributed by atoms with Crippen molar-refractivity contribution in [2.75, 3.05) is 25.1 Å². The Morgan fingerprint density at radius 1 is 1.37 bits per heavy atom. The average molecular weight is 386 g/mol. The number of benzene rings is 2. The van der Waals surface area contributed by atoms with Crippen LogP contribution in [0.5, 0.6) is 5.75 Å². The highest BCUT2D eigenvalue weighted by molar-refractivity contribution is 6.31. The number of carbonyl (C=O) groups excluding carboxylic acids is 1. The summed E-state index contributed by atoms with van der Waals surface area (Å²) in [5.41, 5.74) is 2.04. The molecule has 2 heterocycles. The molecule has 4 rings (SSSR count). The Morgan fingerprint density at radius 3 is 3.04 bits per heavy atom. The second-order valence-corrected chi connectivity index (χ2v) is 6.94. The lowest BCUT2D eigenvalue weighted by atomic mass is 10.1. The summed E-state index contributed by atoms with van der Waals surface area (Å²) in [6.45, 7) is 1.35. The summed E-state index contributed by atoms with van der Waals surface area (Å²) >= 11 is 6.02. The molecule has 1 amide bonds. The van der Waals surface area contributed by atoms with Crippen molar-refractivity contribution in [3.05, 3.63) is 53.1 Å². The molecule has 1 aromatic heterocycles. The van der Waals surface area contributed by atoms with Gasteiger partial charge in [-0.1, -0.05) is 23.7 Å². The number of methoxy groups -OCH3 is 1. The molecule has 1 aliphatic heterocycles. The number of hydrogen-bond acceptors (Lipinski definition) is 5. The third-order valence-electron chi connectivity index (χ3n) is 4.81. The van der Waals surface area contributed by atoms with E-state index in [4.69, 9.17) is 20.8 Å². The van der Waals surface area contributed by atoms with Crippen LogP contribution in [0.2, 0.25) is 5.02 Å². The van der Waals surface area contributed by atoms with Gasteiger partial charge in [-0.15, -0.1) is 0 Å². The third kappa shape index (κ3) is 3.57. The highest BCUT2D eigenvalue weighted by Crippen LogP contribution is 2.28. The number of carbonyl (C=O) groups is 1. The van der Waals surface area contributed by atoms with Gasteiger partial charge in [0.15, 0.2) is 5.58 Å². The Labute approximate surface area is 162 Å². The molecule has 1 unspecified atom stereocenters. The lowest BCUT2D eigenvalue weighted by Crippen LogP contribution is -2.40. The third-order valence-corrected chi connectivity index (χ3v) is 5.04. The number of rotatable bonds is 5. The first kappa shape index (κ1) is 17.7. The lowest BCUT2D eigenvalue weighted by Gasteiger charge is -2.23. The molecule has 140 valence electrons. The number of nitrogens with one attached hydrogen (secondary N) is 1. The van der Waals surface area contributed by atoms with E-state index in [1.54, 1.807) is 18.2 Å². The van der Waals surface area contributed by atoms with Gasteiger partial charge in [-0.05, 0) is 43.2 Å². The molecule has 0 aliphatic carbocycles. The Kier molecular flexibility index (Phi) is 4.90. The molecule has 1 saturated heterocycles. The number of nitrogens with zero attached hydrogens (tertiary/aromatic N) is 2. The van der Waals surface area contributed by atoms with E-state index in [1.807, 2.05) is 24.3 Å². The molecule has 1 N–H and O–H groups in total. The van der Waals surface area contributed by atoms with E-state index >= 15 is 0 Å². The van der Waals surface area contributed by atoms with Crippen molar-refractivity contribution >= 4 is 34.6 Å². The van der Waals surface area contributed by atoms with Crippen molar-refractivity contribution < 1.29 is 13.9 Å². The van der Waals surface area contributed by atoms with E-state index in [0.29, 0.717) is 28.9 Å². The molecule has 7 heteroatoms. The molecular formula is C20H20ClN3O3. The molecule has 0 saturated carbocycles. The molecular weight excluding hydrogens is 366 g/mol. The van der Waals surface area contributed by atoms with E-state index in [-0.39, 0.29) is 11.9 Å². The highest BCUT2D eigenvalue weighted by atomic mass is 35.5. The van der Waals surface area contributed by atoms with Gasteiger partial charge >= 0.3 is 0 Å². The molecule has 2 aromatic carbocycles. The number of amides is 1. The molecule has 0 radical (unpaired) electrons. The minimum Gasteiger partial charge on any atom is -0.496 e. The summed E-state index contributed by atoms with van der Waals surface area (Å²) in [6.07, 6.45) is 1.99. The van der Waals surface area contributed by atoms with Crippen molar-refractivity contribution in [2.45, 2.75) is 18.9 Å². The molecule has 0 spiro atoms. The fourth-order valence-corrected chi connectivity index (χ4v) is 3.62. The quantitative estimate of drug-likeness (QED) is 0.721. The van der Waals surface area contributed by atoms with Crippen molar-refractivity contribution in [3.8, 4) is 5.75 Å². The maximum absolute atomic E-state index is 12.6. The number of aromatic nitrogens is 1. The highest BCUT2D eigenvalue weighted by Gasteiger charge is 2.29. The van der Waals surface area contributed by atoms with Gasteiger partial charge in [0, 0.05) is 18.1 Å². The molecule has 1 aliphatic rings. The summed E-state index contributed by atoms with van der Waals surface area (Å²) in [4.78, 5) is 19.3. The largest absolute Gasteiger partial charge is 0.496 e. The fraction of sp³-hybridized carbons (Fsp3) is 0.300. The normalized spacial score (nSPS) is 16.7. The van der Waals surface area contributed by atoms with E-state index in [0.717, 1.165) is 30.5 Å². The maximum Gasteiger partial charge on any atom is 0.298 e. The smallest absolute Gasteiger partial charge is 0.298 e. The van der Waals surface area contributed by atoms with Crippen molar-refractivity contribution in [3.63, 3.8) is 0 Å². The zero-order valence-corrected chi connectivity index (χ0v) is 15.7. The number of para-hydroxylation sites is 2. The topological polar surface area (TPSA) is 67.6 Å². The molecule has 6 nitrogen and oxygen atoms in total. The lowest BCUT2D eigenvalue weighted by molar-refractivity contribution is 0.0948. The number of ether oxygens (including phenoxy) is 1. The van der Waals surface area contributed by atoms with Gasteiger partial charge in [0.05, 0.1) is 18.7 Å². The first-order valence-electron chi connectivity index (χ1n) is 8.89. The SMILES string of the molecule is COc1ccc(Cl)cc1C(=O)NCC1CCCN1c1nc2ccccc2o1. The number of halogens is 1. The van der Waals surface area contributed by atoms with Gasteiger partial charge in [0.2, 0.25) is 0 Å². The first-order chi connectivity index (χ1) is 13.2. The van der Waals surface area contributed by atoms with Crippen LogP contribution in [-0.4, -0.2) is 37.1 Å². The standard InChI is InChI=1S/C20H20ClN3O3/c1-26-17-9-8-13(21)11-15(17)19(25)22-12-14-5-4-10-24(14)20-23-16-6-2-3-7-18(16)27-20/h2-3,6-9,11,14H,4-5,10,12H2,1H3,(H,22,25). The first-order valence-corrected chi connectivity index (χ1v) is 9.27. The minimum absolute atomic E-state index is 0.132. The van der Waals surface area contributed by atoms with Crippen LogP contribution in [0.3, 0.4) is 0 Å². The van der Waals surface area contributed by atoms with Crippen molar-refractivity contribution in [2.24, 2.45) is 0 Å². The number of fused-ring (bicyclic) bond motifs is 1. The summed E-state index contributed by atoms with van der Waals surface area (Å²) in [6, 6.07) is 13.4. The van der Waals surface area contributed by atoms with Gasteiger partial charge in [0.25, 0.3) is 11.9 Å². The minimum atomic E-state index is -0.209. The molecule has 3 aromatic rings. The molecule has 1 atom stereocenters. The number of anilines is 1. The second kappa shape index (κ2) is 7.48. The molecule has 0 bridgehead atoms. The van der Waals surface area contributed by atoms with Crippen LogP contribution in [-0.2, 0) is 0 Å². The van der Waals surface area contributed by atoms with Gasteiger partial charge in [-0.25, -0.2) is 0 Å². The van der Waals surface area contributed by atoms with Crippen LogP contribution >= 0.6 is 11.6 Å². The van der Waals surface area contributed by atoms with Crippen LogP contribution in [0.15, 0.2) is 46.9 Å². The Morgan fingerprint density at radius 2 is 2.22 bits per heavy atom. The van der Waals surface area contributed by atoms with Gasteiger partial charge in [-0.3, -0.25) is 4.79 Å². The fourth-order valence-electron chi connectivity index (χ4n) is 3.45. The predicted molar refractivity (Wildman–Crippen MR) is 105 cm³/mol. The van der Waals surface area contributed by atoms with E-state index in [9.17, 15) is 4.79 Å². The summed E-state index contributed by atoms with van der Waals surface area (Å²) < 4.78 is 11.2. The van der Waals surface area contributed by atoms with Crippen LogP contribution in [0, 0.1) is 0 Å². The zero-order chi connectivity index (χ0) is 18.8. The van der Waals surface area contributed by atoms with Crippen molar-refractivity contribution in [1.82, 2.24) is 10.3 Å². The van der Waals surface area contributed by atoms with Crippen LogP contribution < -0.4 is 15.0 Å². The second-order valence-electron chi connectivity index (χ2n) is 6.51. The Bertz CT molecular complexity index is 939. The van der Waals surface area contributed by atoms with Gasteiger partial charge in [-0.2, -0.15) is 4.98 Å². The van der Waals surface area contributed by atoms with Crippen LogP contribution in [0.25, 0.3) is 11.1 Å². The number of oxazole rings is 1. The molecule has 1 fully saturated rings. The number of hydrogen-bond donors (Lipinski definition) is 1. The van der Waals surface area contributed by atoms with Gasteiger partial charge in [0.1, 0.15) is 11.3 Å². The van der Waals surface area contributed by atoms with E-state index in [1.165, 1.54) is 7.11 Å². The van der Waals surface area contributed by atoms with Crippen LogP contribution in [0.4, 0.5) is 6.01 Å². The monoisotopic (exact) mass is 385 g/mol. The summed E-state index contributed by atoms with van der Waals surface area (Å²) in [5, 5.41) is 3.48. The summed E-state index contributed by atoms with van der Waals surface area (Å²) in [5.74, 6) is 0.290. The van der Waals surface area contributed by atoms with Crippen LogP contribution in [0.1, 0.15) is 23.2 Å². The maximum atomic E-state index is 12.6. The van der Waals surface area contributed by atoms with E-state index in [2.05, 4.69) is 15.2 Å². The Hall–Kier alpha value is -2.73. The zero-order valence-electron chi connectivity index (χ0n) is 14.9. The van der Waals surface area contributed by atoms with Gasteiger partial charge < -0.3 is 19.4 Å². The van der Waals surface area contributed by atoms with E-state index < -0.39 is 0 Å². The average Bonchev–Trinajstić information content (AvgIpc) is 3.32. The van der Waals surface area contributed by atoms with Crippen molar-refractivity contribution in [1.29, 1.82) is 0 Å².